The van der Waals surface area contributed by atoms with Crippen LogP contribution in [0, 0.1) is 5.41 Å². The molecule has 3 rings (SSSR count). The molecule has 1 nitrogen and oxygen atoms in total. The van der Waals surface area contributed by atoms with Crippen LogP contribution in [-0.2, 0) is 11.8 Å². The Kier molecular flexibility index (Phi) is 3.09. The van der Waals surface area contributed by atoms with Crippen molar-refractivity contribution in [2.45, 2.75) is 52.9 Å². The molecule has 1 aromatic carbocycles. The van der Waals surface area contributed by atoms with E-state index in [0.717, 1.165) is 0 Å². The Balaban J connectivity index is 2.24. The van der Waals surface area contributed by atoms with Crippen molar-refractivity contribution in [2.75, 3.05) is 11.9 Å². The Hall–Kier alpha value is -1.50. The first-order valence-electron chi connectivity index (χ1n) is 8.02. The molecule has 0 fully saturated rings. The van der Waals surface area contributed by atoms with E-state index in [1.54, 1.807) is 0 Å². The van der Waals surface area contributed by atoms with E-state index in [2.05, 4.69) is 76.9 Å². The number of hydrogen-bond donors (Lipinski definition) is 0. The third kappa shape index (κ3) is 2.23. The van der Waals surface area contributed by atoms with E-state index in [1.807, 2.05) is 0 Å². The fourth-order valence-corrected chi connectivity index (χ4v) is 3.80. The molecule has 0 unspecified atom stereocenters. The van der Waals surface area contributed by atoms with E-state index < -0.39 is 0 Å². The number of allylic oxidation sites excluding steroid dienone is 3. The van der Waals surface area contributed by atoms with Crippen molar-refractivity contribution in [3.63, 3.8) is 0 Å². The van der Waals surface area contributed by atoms with Gasteiger partial charge in [0.1, 0.15) is 0 Å². The number of aryl methyl sites for hydroxylation is 1. The highest BCUT2D eigenvalue weighted by Crippen LogP contribution is 2.51. The number of nitrogens with zero attached hydrogens (tertiary/aromatic N) is 1. The van der Waals surface area contributed by atoms with Gasteiger partial charge in [-0.15, -0.1) is 0 Å². The van der Waals surface area contributed by atoms with Gasteiger partial charge < -0.3 is 4.90 Å². The first kappa shape index (κ1) is 14.4. The first-order valence-corrected chi connectivity index (χ1v) is 8.02. The minimum atomic E-state index is 0.0738. The maximum absolute atomic E-state index is 2.44. The summed E-state index contributed by atoms with van der Waals surface area (Å²) in [5, 5.41) is 0. The summed E-state index contributed by atoms with van der Waals surface area (Å²) in [6, 6.07) is 4.64. The van der Waals surface area contributed by atoms with Crippen molar-refractivity contribution in [2.24, 2.45) is 5.41 Å². The molecule has 0 aromatic heterocycles. The largest absolute Gasteiger partial charge is 0.347 e. The number of fused-ring (bicyclic) bond motifs is 3. The van der Waals surface area contributed by atoms with Crippen LogP contribution >= 0.6 is 0 Å². The molecule has 0 saturated heterocycles. The summed E-state index contributed by atoms with van der Waals surface area (Å²) in [5.74, 6) is 0. The number of anilines is 1. The highest BCUT2D eigenvalue weighted by molar-refractivity contribution is 5.78. The van der Waals surface area contributed by atoms with Crippen LogP contribution in [0.3, 0.4) is 0 Å². The van der Waals surface area contributed by atoms with Gasteiger partial charge in [-0.05, 0) is 41.0 Å². The van der Waals surface area contributed by atoms with Crippen molar-refractivity contribution in [3.05, 3.63) is 46.7 Å². The van der Waals surface area contributed by atoms with E-state index in [0.29, 0.717) is 0 Å². The lowest BCUT2D eigenvalue weighted by Gasteiger charge is -2.28. The Morgan fingerprint density at radius 2 is 1.90 bits per heavy atom. The van der Waals surface area contributed by atoms with Crippen LogP contribution < -0.4 is 4.90 Å². The van der Waals surface area contributed by atoms with Gasteiger partial charge in [-0.2, -0.15) is 0 Å². The predicted octanol–water partition coefficient (Wildman–Crippen LogP) is 5.30. The van der Waals surface area contributed by atoms with Gasteiger partial charge in [0.15, 0.2) is 0 Å². The lowest BCUT2D eigenvalue weighted by atomic mass is 9.77. The zero-order chi connectivity index (χ0) is 15.4. The molecule has 0 saturated carbocycles. The average Bonchev–Trinajstić information content (AvgIpc) is 2.59. The van der Waals surface area contributed by atoms with Crippen LogP contribution in [0.15, 0.2) is 30.0 Å². The smallest absolute Gasteiger partial charge is 0.0454 e. The molecule has 0 radical (unpaired) electrons. The van der Waals surface area contributed by atoms with Gasteiger partial charge >= 0.3 is 0 Å². The molecule has 112 valence electrons. The second kappa shape index (κ2) is 4.50. The van der Waals surface area contributed by atoms with Crippen LogP contribution in [0.2, 0.25) is 0 Å². The molecular weight excluding hydrogens is 254 g/mol. The van der Waals surface area contributed by atoms with Crippen molar-refractivity contribution < 1.29 is 0 Å². The van der Waals surface area contributed by atoms with Crippen LogP contribution in [-0.4, -0.2) is 7.05 Å². The summed E-state index contributed by atoms with van der Waals surface area (Å²) < 4.78 is 0. The second-order valence-corrected chi connectivity index (χ2v) is 8.05. The summed E-state index contributed by atoms with van der Waals surface area (Å²) in [7, 11) is 2.21. The molecular formula is C20H27N. The summed E-state index contributed by atoms with van der Waals surface area (Å²) in [4.78, 5) is 2.39. The molecule has 0 bridgehead atoms. The van der Waals surface area contributed by atoms with Crippen LogP contribution in [0.1, 0.15) is 57.7 Å². The van der Waals surface area contributed by atoms with Gasteiger partial charge in [-0.1, -0.05) is 58.9 Å². The molecule has 0 spiro atoms. The normalized spacial score (nSPS) is 21.6. The van der Waals surface area contributed by atoms with Crippen LogP contribution in [0.5, 0.6) is 0 Å². The predicted molar refractivity (Wildman–Crippen MR) is 92.8 cm³/mol. The van der Waals surface area contributed by atoms with Gasteiger partial charge in [0.2, 0.25) is 0 Å². The first-order chi connectivity index (χ1) is 9.72. The highest BCUT2D eigenvalue weighted by atomic mass is 15.2. The summed E-state index contributed by atoms with van der Waals surface area (Å²) in [6.45, 7) is 11.6. The molecule has 1 heterocycles. The fourth-order valence-electron chi connectivity index (χ4n) is 3.80. The zero-order valence-electron chi connectivity index (χ0n) is 14.2. The Labute approximate surface area is 129 Å². The Morgan fingerprint density at radius 3 is 2.57 bits per heavy atom. The summed E-state index contributed by atoms with van der Waals surface area (Å²) in [6.07, 6.45) is 9.45. The Morgan fingerprint density at radius 1 is 1.19 bits per heavy atom. The average molecular weight is 281 g/mol. The van der Waals surface area contributed by atoms with E-state index in [1.165, 1.54) is 40.9 Å². The number of benzene rings is 1. The van der Waals surface area contributed by atoms with Gasteiger partial charge in [-0.3, -0.25) is 0 Å². The van der Waals surface area contributed by atoms with Crippen molar-refractivity contribution in [3.8, 4) is 0 Å². The van der Waals surface area contributed by atoms with Crippen molar-refractivity contribution >= 4 is 11.8 Å². The second-order valence-electron chi connectivity index (χ2n) is 8.05. The lowest BCUT2D eigenvalue weighted by molar-refractivity contribution is 0.520. The molecule has 21 heavy (non-hydrogen) atoms. The van der Waals surface area contributed by atoms with Crippen molar-refractivity contribution in [1.29, 1.82) is 0 Å². The molecule has 0 atom stereocenters. The maximum atomic E-state index is 2.44. The molecule has 1 aromatic rings. The molecule has 1 aliphatic heterocycles. The highest BCUT2D eigenvalue weighted by Gasteiger charge is 2.41. The van der Waals surface area contributed by atoms with E-state index in [-0.39, 0.29) is 10.8 Å². The topological polar surface area (TPSA) is 3.24 Å². The van der Waals surface area contributed by atoms with Crippen LogP contribution in [0.4, 0.5) is 5.69 Å². The molecule has 1 heteroatoms. The van der Waals surface area contributed by atoms with E-state index >= 15 is 0 Å². The van der Waals surface area contributed by atoms with Crippen molar-refractivity contribution in [1.82, 2.24) is 0 Å². The number of hydrogen-bond acceptors (Lipinski definition) is 1. The molecule has 0 N–H and O–H groups in total. The number of likely N-dealkylation sites (N-methyl/N-ethyl adjacent to an activating group) is 1. The third-order valence-corrected chi connectivity index (χ3v) is 4.74. The van der Waals surface area contributed by atoms with Gasteiger partial charge in [0.05, 0.1) is 0 Å². The fraction of sp³-hybridized carbons (Fsp3) is 0.500. The van der Waals surface area contributed by atoms with Gasteiger partial charge in [-0.25, -0.2) is 0 Å². The standard InChI is InChI=1S/C20H27N/c1-19(2,3)13-17-20(4,5)18-15-10-8-7-9-14(15)11-12-16(18)21(17)6/h8,10-13H,7,9H2,1-6H3. The SMILES string of the molecule is CN1C(=CC(C)(C)C)C(C)(C)c2c1ccc1c2C=CCC1. The third-order valence-electron chi connectivity index (χ3n) is 4.74. The van der Waals surface area contributed by atoms with Gasteiger partial charge in [0.25, 0.3) is 0 Å². The van der Waals surface area contributed by atoms with E-state index in [4.69, 9.17) is 0 Å². The number of rotatable bonds is 0. The minimum absolute atomic E-state index is 0.0738. The van der Waals surface area contributed by atoms with Crippen LogP contribution in [0.25, 0.3) is 6.08 Å². The molecule has 1 aliphatic carbocycles. The lowest BCUT2D eigenvalue weighted by Crippen LogP contribution is -2.25. The van der Waals surface area contributed by atoms with Gasteiger partial charge in [0, 0.05) is 23.8 Å². The minimum Gasteiger partial charge on any atom is -0.347 e. The monoisotopic (exact) mass is 281 g/mol. The quantitative estimate of drug-likeness (QED) is 0.623. The molecule has 2 aliphatic rings. The zero-order valence-corrected chi connectivity index (χ0v) is 14.2. The summed E-state index contributed by atoms with van der Waals surface area (Å²) in [5.41, 5.74) is 7.55. The molecule has 0 amide bonds. The van der Waals surface area contributed by atoms with E-state index in [9.17, 15) is 0 Å². The Bertz CT molecular complexity index is 639. The summed E-state index contributed by atoms with van der Waals surface area (Å²) >= 11 is 0. The maximum Gasteiger partial charge on any atom is 0.0454 e.